The molecule has 1 N–H and O–H groups in total. The van der Waals surface area contributed by atoms with E-state index in [1.54, 1.807) is 0 Å². The Morgan fingerprint density at radius 2 is 2.10 bits per heavy atom. The van der Waals surface area contributed by atoms with Crippen molar-refractivity contribution in [3.05, 3.63) is 0 Å². The van der Waals surface area contributed by atoms with Gasteiger partial charge in [-0.3, -0.25) is 0 Å². The van der Waals surface area contributed by atoms with E-state index in [1.165, 1.54) is 19.4 Å². The third-order valence-electron chi connectivity index (χ3n) is 2.05. The van der Waals surface area contributed by atoms with Crippen LogP contribution < -0.4 is 5.32 Å². The number of hydrogen-bond acceptors (Lipinski definition) is 2. The van der Waals surface area contributed by atoms with Gasteiger partial charge in [0.1, 0.15) is 0 Å². The van der Waals surface area contributed by atoms with Crippen LogP contribution in [0.1, 0.15) is 19.8 Å². The molecule has 0 aromatic rings. The Bertz CT molecular complexity index is 101. The van der Waals surface area contributed by atoms with Gasteiger partial charge in [-0.1, -0.05) is 0 Å². The molecule has 2 atom stereocenters. The first-order valence-corrected chi connectivity index (χ1v) is 4.09. The summed E-state index contributed by atoms with van der Waals surface area (Å²) in [5, 5.41) is 3.54. The Kier molecular flexibility index (Phi) is 2.69. The fourth-order valence-electron chi connectivity index (χ4n) is 1.60. The summed E-state index contributed by atoms with van der Waals surface area (Å²) in [7, 11) is 4.26. The van der Waals surface area contributed by atoms with Crippen molar-refractivity contribution in [3.63, 3.8) is 0 Å². The maximum atomic E-state index is 3.54. The molecule has 2 nitrogen and oxygen atoms in total. The van der Waals surface area contributed by atoms with Crippen LogP contribution in [0.4, 0.5) is 0 Å². The van der Waals surface area contributed by atoms with E-state index < -0.39 is 0 Å². The summed E-state index contributed by atoms with van der Waals surface area (Å²) in [4.78, 5) is 2.25. The summed E-state index contributed by atoms with van der Waals surface area (Å²) < 4.78 is 0. The van der Waals surface area contributed by atoms with Crippen LogP contribution in [0.5, 0.6) is 0 Å². The molecule has 10 heavy (non-hydrogen) atoms. The molecular formula is C8H18N2. The Morgan fingerprint density at radius 3 is 2.50 bits per heavy atom. The highest BCUT2D eigenvalue weighted by molar-refractivity contribution is 4.81. The van der Waals surface area contributed by atoms with Gasteiger partial charge in [0.05, 0.1) is 0 Å². The molecule has 0 aliphatic carbocycles. The van der Waals surface area contributed by atoms with Crippen LogP contribution in [0.15, 0.2) is 0 Å². The molecule has 0 bridgehead atoms. The maximum absolute atomic E-state index is 3.54. The van der Waals surface area contributed by atoms with Crippen molar-refractivity contribution in [1.29, 1.82) is 0 Å². The third kappa shape index (κ3) is 2.27. The highest BCUT2D eigenvalue weighted by atomic mass is 15.1. The molecular weight excluding hydrogens is 124 g/mol. The van der Waals surface area contributed by atoms with E-state index in [-0.39, 0.29) is 0 Å². The second-order valence-electron chi connectivity index (χ2n) is 3.60. The average Bonchev–Trinajstić information content (AvgIpc) is 2.13. The normalized spacial score (nSPS) is 33.6. The fraction of sp³-hybridized carbons (Fsp3) is 1.00. The average molecular weight is 142 g/mol. The summed E-state index contributed by atoms with van der Waals surface area (Å²) in [6.45, 7) is 3.44. The molecule has 0 amide bonds. The molecule has 0 radical (unpaired) electrons. The van der Waals surface area contributed by atoms with Gasteiger partial charge < -0.3 is 10.2 Å². The predicted molar refractivity (Wildman–Crippen MR) is 44.2 cm³/mol. The van der Waals surface area contributed by atoms with Gasteiger partial charge in [0.15, 0.2) is 0 Å². The summed E-state index contributed by atoms with van der Waals surface area (Å²) in [6.07, 6.45) is 2.69. The Morgan fingerprint density at radius 1 is 1.40 bits per heavy atom. The monoisotopic (exact) mass is 142 g/mol. The minimum Gasteiger partial charge on any atom is -0.310 e. The van der Waals surface area contributed by atoms with Gasteiger partial charge in [-0.25, -0.2) is 0 Å². The minimum absolute atomic E-state index is 0.741. The lowest BCUT2D eigenvalue weighted by molar-refractivity contribution is 0.352. The van der Waals surface area contributed by atoms with Gasteiger partial charge >= 0.3 is 0 Å². The highest BCUT2D eigenvalue weighted by Crippen LogP contribution is 2.11. The van der Waals surface area contributed by atoms with Crippen molar-refractivity contribution >= 4 is 0 Å². The zero-order chi connectivity index (χ0) is 7.56. The van der Waals surface area contributed by atoms with Gasteiger partial charge in [0.25, 0.3) is 0 Å². The van der Waals surface area contributed by atoms with Crippen LogP contribution in [-0.2, 0) is 0 Å². The Balaban J connectivity index is 2.18. The van der Waals surface area contributed by atoms with Gasteiger partial charge in [0.2, 0.25) is 0 Å². The second kappa shape index (κ2) is 3.35. The molecule has 0 spiro atoms. The summed E-state index contributed by atoms with van der Waals surface area (Å²) in [5.41, 5.74) is 0. The molecule has 1 aliphatic heterocycles. The van der Waals surface area contributed by atoms with Crippen molar-refractivity contribution < 1.29 is 0 Å². The van der Waals surface area contributed by atoms with Crippen molar-refractivity contribution in [1.82, 2.24) is 10.2 Å². The maximum Gasteiger partial charge on any atom is 0.0197 e. The van der Waals surface area contributed by atoms with Crippen molar-refractivity contribution in [2.75, 3.05) is 20.6 Å². The first kappa shape index (κ1) is 8.02. The van der Waals surface area contributed by atoms with Gasteiger partial charge in [-0.2, -0.15) is 0 Å². The van der Waals surface area contributed by atoms with Gasteiger partial charge in [-0.05, 0) is 33.9 Å². The molecule has 0 aromatic heterocycles. The number of nitrogens with one attached hydrogen (secondary N) is 1. The van der Waals surface area contributed by atoms with E-state index in [0.29, 0.717) is 0 Å². The number of likely N-dealkylation sites (N-methyl/N-ethyl adjacent to an activating group) is 1. The zero-order valence-electron chi connectivity index (χ0n) is 7.22. The molecule has 1 heterocycles. The SMILES string of the molecule is C[C@H]1CC[C@H](CN(C)C)N1. The van der Waals surface area contributed by atoms with Crippen LogP contribution in [0.25, 0.3) is 0 Å². The van der Waals surface area contributed by atoms with Crippen LogP contribution in [-0.4, -0.2) is 37.6 Å². The molecule has 2 heteroatoms. The lowest BCUT2D eigenvalue weighted by Crippen LogP contribution is -2.35. The van der Waals surface area contributed by atoms with E-state index in [0.717, 1.165) is 12.1 Å². The first-order valence-electron chi connectivity index (χ1n) is 4.09. The number of rotatable bonds is 2. The largest absolute Gasteiger partial charge is 0.310 e. The Labute approximate surface area is 63.6 Å². The van der Waals surface area contributed by atoms with Crippen LogP contribution >= 0.6 is 0 Å². The van der Waals surface area contributed by atoms with Crippen molar-refractivity contribution in [2.45, 2.75) is 31.8 Å². The van der Waals surface area contributed by atoms with E-state index in [4.69, 9.17) is 0 Å². The molecule has 1 fully saturated rings. The van der Waals surface area contributed by atoms with E-state index in [2.05, 4.69) is 31.2 Å². The van der Waals surface area contributed by atoms with Crippen LogP contribution in [0.2, 0.25) is 0 Å². The van der Waals surface area contributed by atoms with Crippen molar-refractivity contribution in [2.24, 2.45) is 0 Å². The predicted octanol–water partition coefficient (Wildman–Crippen LogP) is 0.688. The fourth-order valence-corrected chi connectivity index (χ4v) is 1.60. The molecule has 0 saturated carbocycles. The third-order valence-corrected chi connectivity index (χ3v) is 2.05. The molecule has 60 valence electrons. The molecule has 1 aliphatic rings. The summed E-state index contributed by atoms with van der Waals surface area (Å²) in [5.74, 6) is 0. The lowest BCUT2D eigenvalue weighted by atomic mass is 10.2. The smallest absolute Gasteiger partial charge is 0.0197 e. The Hall–Kier alpha value is -0.0800. The lowest BCUT2D eigenvalue weighted by Gasteiger charge is -2.16. The summed E-state index contributed by atoms with van der Waals surface area (Å²) >= 11 is 0. The van der Waals surface area contributed by atoms with Crippen LogP contribution in [0.3, 0.4) is 0 Å². The summed E-state index contributed by atoms with van der Waals surface area (Å²) in [6, 6.07) is 1.48. The number of hydrogen-bond donors (Lipinski definition) is 1. The van der Waals surface area contributed by atoms with Gasteiger partial charge in [0, 0.05) is 18.6 Å². The quantitative estimate of drug-likeness (QED) is 0.610. The number of nitrogens with zero attached hydrogens (tertiary/aromatic N) is 1. The van der Waals surface area contributed by atoms with Gasteiger partial charge in [-0.15, -0.1) is 0 Å². The standard InChI is InChI=1S/C8H18N2/c1-7-4-5-8(9-7)6-10(2)3/h7-9H,4-6H2,1-3H3/t7-,8+/m0/s1. The zero-order valence-corrected chi connectivity index (χ0v) is 7.22. The van der Waals surface area contributed by atoms with E-state index in [9.17, 15) is 0 Å². The van der Waals surface area contributed by atoms with Crippen molar-refractivity contribution in [3.8, 4) is 0 Å². The van der Waals surface area contributed by atoms with E-state index >= 15 is 0 Å². The highest BCUT2D eigenvalue weighted by Gasteiger charge is 2.19. The molecule has 0 unspecified atom stereocenters. The second-order valence-corrected chi connectivity index (χ2v) is 3.60. The topological polar surface area (TPSA) is 15.3 Å². The van der Waals surface area contributed by atoms with E-state index in [1.807, 2.05) is 0 Å². The minimum atomic E-state index is 0.741. The molecule has 0 aromatic carbocycles. The van der Waals surface area contributed by atoms with Crippen LogP contribution in [0, 0.1) is 0 Å². The molecule has 1 rings (SSSR count). The molecule has 1 saturated heterocycles. The first-order chi connectivity index (χ1) is 4.68.